The Bertz CT molecular complexity index is 881. The molecule has 0 atom stereocenters. The first kappa shape index (κ1) is 25.1. The zero-order valence-corrected chi connectivity index (χ0v) is 16.8. The summed E-state index contributed by atoms with van der Waals surface area (Å²) >= 11 is 0. The maximum atomic E-state index is 14.3. The van der Waals surface area contributed by atoms with Crippen molar-refractivity contribution in [2.24, 2.45) is 5.92 Å². The quantitative estimate of drug-likeness (QED) is 0.524. The number of nitrogens with one attached hydrogen (secondary N) is 1. The summed E-state index contributed by atoms with van der Waals surface area (Å²) in [6, 6.07) is 5.18. The Labute approximate surface area is 179 Å². The molecule has 31 heavy (non-hydrogen) atoms. The fourth-order valence-electron chi connectivity index (χ4n) is 3.18. The van der Waals surface area contributed by atoms with Crippen molar-refractivity contribution in [3.8, 4) is 22.6 Å². The Morgan fingerprint density at radius 1 is 0.903 bits per heavy atom. The van der Waals surface area contributed by atoms with Crippen molar-refractivity contribution in [3.63, 3.8) is 0 Å². The molecule has 0 radical (unpaired) electrons. The number of ether oxygens (including phenoxy) is 2. The molecule has 0 spiro atoms. The fourth-order valence-corrected chi connectivity index (χ4v) is 3.18. The van der Waals surface area contributed by atoms with Crippen molar-refractivity contribution in [1.29, 1.82) is 0 Å². The van der Waals surface area contributed by atoms with E-state index in [-0.39, 0.29) is 41.8 Å². The predicted octanol–water partition coefficient (Wildman–Crippen LogP) is 6.21. The van der Waals surface area contributed by atoms with Gasteiger partial charge in [-0.15, -0.1) is 25.6 Å². The van der Waals surface area contributed by atoms with Crippen LogP contribution in [0.2, 0.25) is 0 Å². The van der Waals surface area contributed by atoms with Crippen LogP contribution in [0.15, 0.2) is 36.4 Å². The Hall–Kier alpha value is -2.20. The molecule has 2 aromatic rings. The number of alkyl halides is 6. The van der Waals surface area contributed by atoms with Gasteiger partial charge in [0.05, 0.1) is 12.2 Å². The minimum Gasteiger partial charge on any atom is -0.489 e. The molecular formula is C20H19ClF7NO2. The number of hydrogen-bond acceptors (Lipinski definition) is 3. The van der Waals surface area contributed by atoms with Gasteiger partial charge >= 0.3 is 12.5 Å². The highest BCUT2D eigenvalue weighted by molar-refractivity contribution is 5.85. The Morgan fingerprint density at radius 3 is 2.16 bits per heavy atom. The molecule has 0 saturated carbocycles. The van der Waals surface area contributed by atoms with Crippen LogP contribution in [0.5, 0.6) is 11.5 Å². The normalized spacial score (nSPS) is 15.3. The maximum absolute atomic E-state index is 14.3. The molecule has 0 unspecified atom stereocenters. The summed E-state index contributed by atoms with van der Waals surface area (Å²) < 4.78 is 100. The lowest BCUT2D eigenvalue weighted by Crippen LogP contribution is -2.30. The van der Waals surface area contributed by atoms with Crippen LogP contribution in [-0.4, -0.2) is 26.1 Å². The van der Waals surface area contributed by atoms with Crippen LogP contribution < -0.4 is 14.8 Å². The van der Waals surface area contributed by atoms with Crippen LogP contribution in [0.1, 0.15) is 18.4 Å². The van der Waals surface area contributed by atoms with Gasteiger partial charge in [0.2, 0.25) is 0 Å². The van der Waals surface area contributed by atoms with Gasteiger partial charge in [-0.25, -0.2) is 4.39 Å². The SMILES string of the molecule is Cl.Fc1cc(C(F)(F)F)ccc1-c1ccc(OC(F)(F)F)c(OCC2CCNCC2)c1. The molecule has 2 aromatic carbocycles. The molecule has 3 nitrogen and oxygen atoms in total. The zero-order chi connectivity index (χ0) is 21.9. The second-order valence-corrected chi connectivity index (χ2v) is 6.91. The molecule has 1 saturated heterocycles. The lowest BCUT2D eigenvalue weighted by atomic mass is 9.99. The van der Waals surface area contributed by atoms with E-state index in [1.807, 2.05) is 0 Å². The first-order valence-corrected chi connectivity index (χ1v) is 9.13. The monoisotopic (exact) mass is 473 g/mol. The molecule has 0 amide bonds. The number of rotatable bonds is 5. The number of hydrogen-bond donors (Lipinski definition) is 1. The van der Waals surface area contributed by atoms with Crippen molar-refractivity contribution < 1.29 is 40.2 Å². The molecule has 1 fully saturated rings. The van der Waals surface area contributed by atoms with Crippen molar-refractivity contribution >= 4 is 12.4 Å². The van der Waals surface area contributed by atoms with Gasteiger partial charge < -0.3 is 14.8 Å². The summed E-state index contributed by atoms with van der Waals surface area (Å²) in [5, 5.41) is 3.16. The molecule has 1 aliphatic heterocycles. The van der Waals surface area contributed by atoms with E-state index in [2.05, 4.69) is 10.1 Å². The molecule has 0 bridgehead atoms. The average Bonchev–Trinajstić information content (AvgIpc) is 2.66. The summed E-state index contributed by atoms with van der Waals surface area (Å²) in [4.78, 5) is 0. The number of benzene rings is 2. The molecule has 1 heterocycles. The third-order valence-electron chi connectivity index (χ3n) is 4.71. The molecule has 3 rings (SSSR count). The maximum Gasteiger partial charge on any atom is 0.573 e. The topological polar surface area (TPSA) is 30.5 Å². The van der Waals surface area contributed by atoms with E-state index in [0.29, 0.717) is 12.1 Å². The molecule has 0 aromatic heterocycles. The van der Waals surface area contributed by atoms with E-state index in [1.54, 1.807) is 0 Å². The fraction of sp³-hybridized carbons (Fsp3) is 0.400. The smallest absolute Gasteiger partial charge is 0.489 e. The first-order chi connectivity index (χ1) is 14.0. The van der Waals surface area contributed by atoms with E-state index in [0.717, 1.165) is 50.2 Å². The van der Waals surface area contributed by atoms with Crippen molar-refractivity contribution in [3.05, 3.63) is 47.8 Å². The Kier molecular flexibility index (Phi) is 8.04. The van der Waals surface area contributed by atoms with Gasteiger partial charge in [0, 0.05) is 5.56 Å². The summed E-state index contributed by atoms with van der Waals surface area (Å²) in [6.45, 7) is 1.66. The van der Waals surface area contributed by atoms with Gasteiger partial charge in [0.15, 0.2) is 11.5 Å². The van der Waals surface area contributed by atoms with E-state index < -0.39 is 29.7 Å². The van der Waals surface area contributed by atoms with Gasteiger partial charge in [-0.05, 0) is 61.7 Å². The summed E-state index contributed by atoms with van der Waals surface area (Å²) in [5.74, 6) is -1.90. The van der Waals surface area contributed by atoms with Crippen molar-refractivity contribution in [1.82, 2.24) is 5.32 Å². The Morgan fingerprint density at radius 2 is 1.58 bits per heavy atom. The molecule has 1 aliphatic rings. The van der Waals surface area contributed by atoms with Crippen LogP contribution >= 0.6 is 12.4 Å². The van der Waals surface area contributed by atoms with E-state index in [1.165, 1.54) is 0 Å². The van der Waals surface area contributed by atoms with Crippen molar-refractivity contribution in [2.75, 3.05) is 19.7 Å². The second-order valence-electron chi connectivity index (χ2n) is 6.91. The van der Waals surface area contributed by atoms with Crippen LogP contribution in [0.3, 0.4) is 0 Å². The summed E-state index contributed by atoms with van der Waals surface area (Å²) in [6.07, 6.45) is -8.12. The van der Waals surface area contributed by atoms with Crippen molar-refractivity contribution in [2.45, 2.75) is 25.4 Å². The largest absolute Gasteiger partial charge is 0.573 e. The first-order valence-electron chi connectivity index (χ1n) is 9.13. The van der Waals surface area contributed by atoms with Crippen LogP contribution in [-0.2, 0) is 6.18 Å². The molecule has 11 heteroatoms. The minimum absolute atomic E-state index is 0. The lowest BCUT2D eigenvalue weighted by Gasteiger charge is -2.23. The van der Waals surface area contributed by atoms with Gasteiger partial charge in [-0.2, -0.15) is 13.2 Å². The van der Waals surface area contributed by atoms with Crippen LogP contribution in [0, 0.1) is 11.7 Å². The number of halogens is 8. The third kappa shape index (κ3) is 6.90. The Balaban J connectivity index is 0.00000341. The van der Waals surface area contributed by atoms with Gasteiger partial charge in [-0.1, -0.05) is 12.1 Å². The van der Waals surface area contributed by atoms with Gasteiger partial charge in [0.25, 0.3) is 0 Å². The lowest BCUT2D eigenvalue weighted by molar-refractivity contribution is -0.275. The zero-order valence-electron chi connectivity index (χ0n) is 15.9. The predicted molar refractivity (Wildman–Crippen MR) is 102 cm³/mol. The molecule has 0 aliphatic carbocycles. The highest BCUT2D eigenvalue weighted by Crippen LogP contribution is 2.38. The van der Waals surface area contributed by atoms with E-state index >= 15 is 0 Å². The van der Waals surface area contributed by atoms with Crippen LogP contribution in [0.25, 0.3) is 11.1 Å². The summed E-state index contributed by atoms with van der Waals surface area (Å²) in [7, 11) is 0. The molecule has 172 valence electrons. The minimum atomic E-state index is -4.96. The molecule has 1 N–H and O–H groups in total. The average molecular weight is 474 g/mol. The standard InChI is InChI=1S/C20H18F7NO2.ClH/c21-16-10-14(19(22,23)24)2-3-15(16)13-1-4-17(30-20(25,26)27)18(9-13)29-11-12-5-7-28-8-6-12;/h1-4,9-10,12,28H,5-8,11H2;1H. The second kappa shape index (κ2) is 9.95. The number of piperidine rings is 1. The molecular weight excluding hydrogens is 455 g/mol. The highest BCUT2D eigenvalue weighted by atomic mass is 35.5. The highest BCUT2D eigenvalue weighted by Gasteiger charge is 2.33. The van der Waals surface area contributed by atoms with E-state index in [9.17, 15) is 30.7 Å². The summed E-state index contributed by atoms with van der Waals surface area (Å²) in [5.41, 5.74) is -1.30. The van der Waals surface area contributed by atoms with E-state index in [4.69, 9.17) is 4.74 Å². The van der Waals surface area contributed by atoms with Gasteiger partial charge in [-0.3, -0.25) is 0 Å². The van der Waals surface area contributed by atoms with Gasteiger partial charge in [0.1, 0.15) is 5.82 Å². The van der Waals surface area contributed by atoms with Crippen LogP contribution in [0.4, 0.5) is 30.7 Å². The third-order valence-corrected chi connectivity index (χ3v) is 4.71.